The number of hydrogen-bond acceptors (Lipinski definition) is 5. The highest BCUT2D eigenvalue weighted by Crippen LogP contribution is 2.40. The largest absolute Gasteiger partial charge is 0.384 e. The Kier molecular flexibility index (Phi) is 5.50. The van der Waals surface area contributed by atoms with Crippen LogP contribution in [0, 0.1) is 11.8 Å². The van der Waals surface area contributed by atoms with Gasteiger partial charge in [0.2, 0.25) is 5.91 Å². The zero-order chi connectivity index (χ0) is 21.4. The Morgan fingerprint density at radius 1 is 1.26 bits per heavy atom. The molecule has 2 heterocycles. The number of carbonyl (C=O) groups is 1. The molecule has 0 radical (unpaired) electrons. The summed E-state index contributed by atoms with van der Waals surface area (Å²) in [6.07, 6.45) is 5.80. The lowest BCUT2D eigenvalue weighted by Crippen LogP contribution is -2.46. The number of aromatic nitrogens is 1. The molecule has 4 atom stereocenters. The van der Waals surface area contributed by atoms with E-state index in [1.807, 2.05) is 36.5 Å². The molecule has 1 saturated heterocycles. The van der Waals surface area contributed by atoms with Crippen LogP contribution >= 0.6 is 0 Å². The molecule has 3 N–H and O–H groups in total. The predicted molar refractivity (Wildman–Crippen MR) is 121 cm³/mol. The standard InChI is InChI=1S/C25H30N4O2/c1-16-15-31-23(19-6-7-24(26)27-11-19)14-29(16)13-22-10-21(22)12-28-25(30)20-8-17-4-2-3-5-18(17)9-20/h2-8,11,16,21-23H,9-10,12-15H2,1H3,(H2,26,27)(H,28,30)/t16-,21?,22?,23-/m0/s1. The van der Waals surface area contributed by atoms with Crippen LogP contribution in [0.15, 0.2) is 48.2 Å². The highest BCUT2D eigenvalue weighted by atomic mass is 16.5. The second kappa shape index (κ2) is 8.44. The summed E-state index contributed by atoms with van der Waals surface area (Å²) in [4.78, 5) is 19.3. The predicted octanol–water partition coefficient (Wildman–Crippen LogP) is 2.82. The van der Waals surface area contributed by atoms with Gasteiger partial charge in [0.05, 0.1) is 12.7 Å². The third-order valence-electron chi connectivity index (χ3n) is 6.86. The number of amides is 1. The molecule has 2 unspecified atom stereocenters. The van der Waals surface area contributed by atoms with Gasteiger partial charge in [-0.1, -0.05) is 30.3 Å². The van der Waals surface area contributed by atoms with Crippen LogP contribution in [0.2, 0.25) is 0 Å². The van der Waals surface area contributed by atoms with Crippen LogP contribution in [-0.4, -0.2) is 48.1 Å². The molecule has 0 bridgehead atoms. The summed E-state index contributed by atoms with van der Waals surface area (Å²) in [6.45, 7) is 5.63. The lowest BCUT2D eigenvalue weighted by Gasteiger charge is -2.38. The molecular formula is C25H30N4O2. The van der Waals surface area contributed by atoms with E-state index in [4.69, 9.17) is 10.5 Å². The van der Waals surface area contributed by atoms with E-state index in [0.717, 1.165) is 43.8 Å². The average Bonchev–Trinajstić information content (AvgIpc) is 3.37. The van der Waals surface area contributed by atoms with Crippen LogP contribution in [0.3, 0.4) is 0 Å². The first kappa shape index (κ1) is 20.2. The van der Waals surface area contributed by atoms with Gasteiger partial charge in [0, 0.05) is 49.4 Å². The minimum absolute atomic E-state index is 0.0390. The van der Waals surface area contributed by atoms with Gasteiger partial charge >= 0.3 is 0 Å². The fourth-order valence-corrected chi connectivity index (χ4v) is 4.72. The van der Waals surface area contributed by atoms with Crippen molar-refractivity contribution >= 4 is 17.8 Å². The number of nitrogen functional groups attached to an aromatic ring is 1. The third kappa shape index (κ3) is 4.50. The maximum Gasteiger partial charge on any atom is 0.247 e. The first-order valence-corrected chi connectivity index (χ1v) is 11.2. The molecule has 1 aromatic heterocycles. The molecule has 1 amide bonds. The van der Waals surface area contributed by atoms with Crippen molar-refractivity contribution in [1.82, 2.24) is 15.2 Å². The second-order valence-electron chi connectivity index (χ2n) is 9.15. The van der Waals surface area contributed by atoms with E-state index in [0.29, 0.717) is 23.7 Å². The first-order chi connectivity index (χ1) is 15.1. The summed E-state index contributed by atoms with van der Waals surface area (Å²) in [5, 5.41) is 3.17. The summed E-state index contributed by atoms with van der Waals surface area (Å²) in [7, 11) is 0. The summed E-state index contributed by atoms with van der Waals surface area (Å²) in [5.74, 6) is 1.82. The van der Waals surface area contributed by atoms with E-state index < -0.39 is 0 Å². The van der Waals surface area contributed by atoms with Crippen LogP contribution in [-0.2, 0) is 16.0 Å². The average molecular weight is 419 g/mol. The third-order valence-corrected chi connectivity index (χ3v) is 6.86. The van der Waals surface area contributed by atoms with Crippen LogP contribution in [0.1, 0.15) is 36.1 Å². The van der Waals surface area contributed by atoms with Gasteiger partial charge in [-0.2, -0.15) is 0 Å². The van der Waals surface area contributed by atoms with Crippen molar-refractivity contribution in [1.29, 1.82) is 0 Å². The van der Waals surface area contributed by atoms with E-state index in [9.17, 15) is 4.79 Å². The molecule has 1 saturated carbocycles. The number of anilines is 1. The van der Waals surface area contributed by atoms with Gasteiger partial charge < -0.3 is 15.8 Å². The molecule has 5 rings (SSSR count). The van der Waals surface area contributed by atoms with Crippen molar-refractivity contribution in [2.75, 3.05) is 32.0 Å². The van der Waals surface area contributed by atoms with Crippen LogP contribution in [0.5, 0.6) is 0 Å². The molecule has 2 aliphatic carbocycles. The van der Waals surface area contributed by atoms with Crippen LogP contribution < -0.4 is 11.1 Å². The van der Waals surface area contributed by atoms with Crippen LogP contribution in [0.4, 0.5) is 5.82 Å². The van der Waals surface area contributed by atoms with E-state index in [1.54, 1.807) is 0 Å². The Bertz CT molecular complexity index is 987. The number of carbonyl (C=O) groups excluding carboxylic acids is 1. The Hall–Kier alpha value is -2.70. The monoisotopic (exact) mass is 418 g/mol. The van der Waals surface area contributed by atoms with Gasteiger partial charge in [-0.3, -0.25) is 9.69 Å². The lowest BCUT2D eigenvalue weighted by molar-refractivity contribution is -0.117. The Morgan fingerprint density at radius 2 is 2.13 bits per heavy atom. The van der Waals surface area contributed by atoms with Crippen molar-refractivity contribution in [2.45, 2.75) is 31.9 Å². The zero-order valence-electron chi connectivity index (χ0n) is 18.0. The molecule has 31 heavy (non-hydrogen) atoms. The number of morpholine rings is 1. The van der Waals surface area contributed by atoms with Gasteiger partial charge in [0.15, 0.2) is 0 Å². The second-order valence-corrected chi connectivity index (χ2v) is 9.15. The maximum absolute atomic E-state index is 12.6. The topological polar surface area (TPSA) is 80.5 Å². The SMILES string of the molecule is C[C@H]1CO[C@H](c2ccc(N)nc2)CN1CC1CC1CNC(=O)C1=Cc2ccccc2C1. The molecule has 1 aromatic carbocycles. The molecule has 1 aliphatic heterocycles. The van der Waals surface area contributed by atoms with Gasteiger partial charge in [-0.05, 0) is 48.4 Å². The van der Waals surface area contributed by atoms with E-state index in [-0.39, 0.29) is 12.0 Å². The van der Waals surface area contributed by atoms with Crippen molar-refractivity contribution in [2.24, 2.45) is 11.8 Å². The van der Waals surface area contributed by atoms with Crippen molar-refractivity contribution in [3.63, 3.8) is 0 Å². The van der Waals surface area contributed by atoms with Gasteiger partial charge in [0.1, 0.15) is 5.82 Å². The molecule has 0 spiro atoms. The fraction of sp³-hybridized carbons (Fsp3) is 0.440. The van der Waals surface area contributed by atoms with Gasteiger partial charge in [-0.25, -0.2) is 4.98 Å². The quantitative estimate of drug-likeness (QED) is 0.754. The van der Waals surface area contributed by atoms with Gasteiger partial charge in [0.25, 0.3) is 0 Å². The summed E-state index contributed by atoms with van der Waals surface area (Å²) >= 11 is 0. The Morgan fingerprint density at radius 3 is 2.94 bits per heavy atom. The maximum atomic E-state index is 12.6. The Labute approximate surface area is 183 Å². The zero-order valence-corrected chi connectivity index (χ0v) is 18.0. The van der Waals surface area contributed by atoms with Crippen molar-refractivity contribution in [3.8, 4) is 0 Å². The molecular weight excluding hydrogens is 388 g/mol. The van der Waals surface area contributed by atoms with Crippen LogP contribution in [0.25, 0.3) is 6.08 Å². The molecule has 3 aliphatic rings. The normalized spacial score (nSPS) is 27.5. The minimum Gasteiger partial charge on any atom is -0.384 e. The first-order valence-electron chi connectivity index (χ1n) is 11.2. The van der Waals surface area contributed by atoms with E-state index in [1.165, 1.54) is 17.5 Å². The number of nitrogens with two attached hydrogens (primary N) is 1. The fourth-order valence-electron chi connectivity index (χ4n) is 4.72. The summed E-state index contributed by atoms with van der Waals surface area (Å²) < 4.78 is 6.05. The molecule has 6 nitrogen and oxygen atoms in total. The number of benzene rings is 1. The highest BCUT2D eigenvalue weighted by Gasteiger charge is 2.40. The number of fused-ring (bicyclic) bond motifs is 1. The summed E-state index contributed by atoms with van der Waals surface area (Å²) in [5.41, 5.74) is 10.1. The lowest BCUT2D eigenvalue weighted by atomic mass is 10.1. The highest BCUT2D eigenvalue weighted by molar-refractivity contribution is 6.00. The van der Waals surface area contributed by atoms with Crippen molar-refractivity contribution in [3.05, 3.63) is 64.9 Å². The molecule has 2 fully saturated rings. The molecule has 162 valence electrons. The number of rotatable bonds is 6. The molecule has 2 aromatic rings. The number of nitrogens with zero attached hydrogens (tertiary/aromatic N) is 2. The number of ether oxygens (including phenoxy) is 1. The smallest absolute Gasteiger partial charge is 0.247 e. The minimum atomic E-state index is 0.0390. The van der Waals surface area contributed by atoms with E-state index in [2.05, 4.69) is 34.3 Å². The number of pyridine rings is 1. The molecule has 6 heteroatoms. The Balaban J connectivity index is 1.10. The van der Waals surface area contributed by atoms with Gasteiger partial charge in [-0.15, -0.1) is 0 Å². The summed E-state index contributed by atoms with van der Waals surface area (Å²) in [6, 6.07) is 12.5. The van der Waals surface area contributed by atoms with Crippen molar-refractivity contribution < 1.29 is 9.53 Å². The number of hydrogen-bond donors (Lipinski definition) is 2. The number of nitrogens with one attached hydrogen (secondary N) is 1. The van der Waals surface area contributed by atoms with E-state index >= 15 is 0 Å².